The van der Waals surface area contributed by atoms with E-state index in [0.29, 0.717) is 11.3 Å². The Balaban J connectivity index is 3.19. The summed E-state index contributed by atoms with van der Waals surface area (Å²) in [6.07, 6.45) is -4.59. The van der Waals surface area contributed by atoms with Crippen LogP contribution in [-0.4, -0.2) is 19.1 Å². The first-order chi connectivity index (χ1) is 6.90. The van der Waals surface area contributed by atoms with Crippen molar-refractivity contribution in [3.63, 3.8) is 0 Å². The predicted octanol–water partition coefficient (Wildman–Crippen LogP) is 1.60. The summed E-state index contributed by atoms with van der Waals surface area (Å²) in [5, 5.41) is 9.94. The molecule has 0 saturated heterocycles. The van der Waals surface area contributed by atoms with E-state index in [-0.39, 0.29) is 5.13 Å². The molecule has 4 nitrogen and oxygen atoms in total. The van der Waals surface area contributed by atoms with Crippen LogP contribution >= 0.6 is 11.3 Å². The van der Waals surface area contributed by atoms with Gasteiger partial charge in [0, 0.05) is 14.1 Å². The van der Waals surface area contributed by atoms with Gasteiger partial charge in [0.2, 0.25) is 5.13 Å². The van der Waals surface area contributed by atoms with E-state index in [1.807, 2.05) is 0 Å². The van der Waals surface area contributed by atoms with Gasteiger partial charge in [-0.15, -0.1) is 0 Å². The Bertz CT molecular complexity index is 392. The number of hydrogen-bond acceptors (Lipinski definition) is 5. The highest BCUT2D eigenvalue weighted by molar-refractivity contribution is 7.16. The van der Waals surface area contributed by atoms with Crippen LogP contribution in [0.2, 0.25) is 0 Å². The van der Waals surface area contributed by atoms with Gasteiger partial charge < -0.3 is 0 Å². The van der Waals surface area contributed by atoms with Gasteiger partial charge in [-0.3, -0.25) is 5.01 Å². The molecule has 82 valence electrons. The largest absolute Gasteiger partial charge is 0.435 e. The van der Waals surface area contributed by atoms with E-state index in [0.717, 1.165) is 0 Å². The second-order valence-electron chi connectivity index (χ2n) is 2.57. The summed E-state index contributed by atoms with van der Waals surface area (Å²) in [4.78, 5) is 2.93. The maximum absolute atomic E-state index is 12.4. The predicted molar refractivity (Wildman–Crippen MR) is 49.3 cm³/mol. The van der Waals surface area contributed by atoms with Crippen molar-refractivity contribution < 1.29 is 13.2 Å². The van der Waals surface area contributed by atoms with Crippen molar-refractivity contribution in [3.8, 4) is 6.07 Å². The summed E-state index contributed by atoms with van der Waals surface area (Å²) >= 11 is 0.690. The maximum atomic E-state index is 12.4. The number of alkyl halides is 3. The number of halogens is 3. The molecule has 1 aromatic rings. The Morgan fingerprint density at radius 1 is 1.53 bits per heavy atom. The molecule has 0 aliphatic heterocycles. The van der Waals surface area contributed by atoms with E-state index in [1.54, 1.807) is 7.05 Å². The summed E-state index contributed by atoms with van der Waals surface area (Å²) in [7, 11) is 3.06. The van der Waals surface area contributed by atoms with Crippen LogP contribution in [0.15, 0.2) is 0 Å². The van der Waals surface area contributed by atoms with Crippen molar-refractivity contribution in [2.45, 2.75) is 6.18 Å². The van der Waals surface area contributed by atoms with E-state index >= 15 is 0 Å². The third kappa shape index (κ3) is 2.37. The fraction of sp³-hybridized carbons (Fsp3) is 0.429. The Labute approximate surface area is 87.9 Å². The topological polar surface area (TPSA) is 52.0 Å². The van der Waals surface area contributed by atoms with Gasteiger partial charge in [-0.05, 0) is 0 Å². The molecule has 0 aromatic carbocycles. The highest BCUT2D eigenvalue weighted by Crippen LogP contribution is 2.36. The SMILES string of the molecule is CNN(C)c1nc(C(F)(F)F)c(C#N)s1. The van der Waals surface area contributed by atoms with Gasteiger partial charge in [0.05, 0.1) is 0 Å². The molecule has 0 aliphatic rings. The maximum Gasteiger partial charge on any atom is 0.435 e. The molecular weight excluding hydrogens is 229 g/mol. The molecule has 0 fully saturated rings. The van der Waals surface area contributed by atoms with Crippen molar-refractivity contribution in [2.75, 3.05) is 19.1 Å². The van der Waals surface area contributed by atoms with Gasteiger partial charge in [0.15, 0.2) is 5.69 Å². The van der Waals surface area contributed by atoms with Crippen LogP contribution in [0.3, 0.4) is 0 Å². The Morgan fingerprint density at radius 2 is 2.13 bits per heavy atom. The summed E-state index contributed by atoms with van der Waals surface area (Å²) < 4.78 is 37.1. The zero-order valence-electron chi connectivity index (χ0n) is 7.88. The first-order valence-electron chi connectivity index (χ1n) is 3.79. The van der Waals surface area contributed by atoms with Gasteiger partial charge in [0.25, 0.3) is 0 Å². The van der Waals surface area contributed by atoms with E-state index in [1.165, 1.54) is 18.1 Å². The lowest BCUT2D eigenvalue weighted by molar-refractivity contribution is -0.140. The first-order valence-corrected chi connectivity index (χ1v) is 4.61. The molecule has 0 spiro atoms. The quantitative estimate of drug-likeness (QED) is 0.792. The van der Waals surface area contributed by atoms with E-state index in [4.69, 9.17) is 5.26 Å². The second-order valence-corrected chi connectivity index (χ2v) is 3.54. The van der Waals surface area contributed by atoms with Crippen molar-refractivity contribution in [3.05, 3.63) is 10.6 Å². The molecule has 1 N–H and O–H groups in total. The van der Waals surface area contributed by atoms with E-state index in [2.05, 4.69) is 10.4 Å². The van der Waals surface area contributed by atoms with Crippen molar-refractivity contribution >= 4 is 16.5 Å². The normalized spacial score (nSPS) is 11.2. The highest BCUT2D eigenvalue weighted by Gasteiger charge is 2.38. The number of nitrogens with one attached hydrogen (secondary N) is 1. The lowest BCUT2D eigenvalue weighted by Gasteiger charge is -2.12. The fourth-order valence-electron chi connectivity index (χ4n) is 0.816. The minimum Gasteiger partial charge on any atom is -0.287 e. The highest BCUT2D eigenvalue weighted by atomic mass is 32.1. The molecule has 0 radical (unpaired) electrons. The molecule has 1 aromatic heterocycles. The Kier molecular flexibility index (Phi) is 3.16. The molecule has 0 aliphatic carbocycles. The third-order valence-electron chi connectivity index (χ3n) is 1.61. The molecule has 0 atom stereocenters. The first kappa shape index (κ1) is 11.7. The smallest absolute Gasteiger partial charge is 0.287 e. The molecule has 1 rings (SSSR count). The molecule has 0 bridgehead atoms. The Hall–Kier alpha value is -1.33. The third-order valence-corrected chi connectivity index (χ3v) is 2.64. The van der Waals surface area contributed by atoms with Gasteiger partial charge in [-0.1, -0.05) is 11.3 Å². The van der Waals surface area contributed by atoms with Crippen LogP contribution in [0.1, 0.15) is 10.6 Å². The van der Waals surface area contributed by atoms with E-state index < -0.39 is 16.7 Å². The van der Waals surface area contributed by atoms with Crippen molar-refractivity contribution in [1.29, 1.82) is 5.26 Å². The average Bonchev–Trinajstić information content (AvgIpc) is 2.59. The van der Waals surface area contributed by atoms with Crippen molar-refractivity contribution in [2.24, 2.45) is 0 Å². The van der Waals surface area contributed by atoms with Crippen molar-refractivity contribution in [1.82, 2.24) is 10.4 Å². The van der Waals surface area contributed by atoms with Crippen LogP contribution in [-0.2, 0) is 6.18 Å². The van der Waals surface area contributed by atoms with Crippen LogP contribution in [0.4, 0.5) is 18.3 Å². The summed E-state index contributed by atoms with van der Waals surface area (Å²) in [6.45, 7) is 0. The van der Waals surface area contributed by atoms with Gasteiger partial charge in [-0.2, -0.15) is 18.4 Å². The minimum atomic E-state index is -4.59. The molecule has 8 heteroatoms. The summed E-state index contributed by atoms with van der Waals surface area (Å²) in [5.41, 5.74) is 1.47. The van der Waals surface area contributed by atoms with Crippen LogP contribution in [0.5, 0.6) is 0 Å². The number of hydrazine groups is 1. The van der Waals surface area contributed by atoms with E-state index in [9.17, 15) is 13.2 Å². The second kappa shape index (κ2) is 4.04. The summed E-state index contributed by atoms with van der Waals surface area (Å²) in [6, 6.07) is 1.48. The summed E-state index contributed by atoms with van der Waals surface area (Å²) in [5.74, 6) is 0. The van der Waals surface area contributed by atoms with Crippen LogP contribution in [0, 0.1) is 11.3 Å². The standard InChI is InChI=1S/C7H7F3N4S/c1-12-14(2)6-13-5(7(8,9)10)4(3-11)15-6/h12H,1-2H3. The molecular formula is C7H7F3N4S. The van der Waals surface area contributed by atoms with Gasteiger partial charge in [0.1, 0.15) is 10.9 Å². The molecule has 1 heterocycles. The number of nitriles is 1. The number of aromatic nitrogens is 1. The molecule has 0 amide bonds. The molecule has 0 saturated carbocycles. The minimum absolute atomic E-state index is 0.0985. The number of anilines is 1. The zero-order chi connectivity index (χ0) is 11.6. The average molecular weight is 236 g/mol. The number of thiazole rings is 1. The number of rotatable bonds is 2. The zero-order valence-corrected chi connectivity index (χ0v) is 8.70. The number of hydrogen-bond donors (Lipinski definition) is 1. The fourth-order valence-corrected chi connectivity index (χ4v) is 1.67. The monoisotopic (exact) mass is 236 g/mol. The van der Waals surface area contributed by atoms with Gasteiger partial charge >= 0.3 is 6.18 Å². The molecule has 15 heavy (non-hydrogen) atoms. The lowest BCUT2D eigenvalue weighted by Crippen LogP contribution is -2.30. The van der Waals surface area contributed by atoms with Gasteiger partial charge in [-0.25, -0.2) is 10.4 Å². The Morgan fingerprint density at radius 3 is 2.47 bits per heavy atom. The lowest BCUT2D eigenvalue weighted by atomic mass is 10.4. The van der Waals surface area contributed by atoms with Crippen LogP contribution < -0.4 is 10.4 Å². The molecule has 0 unspecified atom stereocenters. The van der Waals surface area contributed by atoms with Crippen LogP contribution in [0.25, 0.3) is 0 Å². The number of nitrogens with zero attached hydrogens (tertiary/aromatic N) is 3.